The van der Waals surface area contributed by atoms with E-state index in [9.17, 15) is 18.0 Å². The Kier molecular flexibility index (Phi) is 12.7. The second-order valence-electron chi connectivity index (χ2n) is 15.0. The molecule has 3 aromatic rings. The molecule has 3 aromatic carbocycles. The molecule has 0 spiro atoms. The summed E-state index contributed by atoms with van der Waals surface area (Å²) >= 11 is 0. The molecule has 13 heteroatoms. The molecule has 1 atom stereocenters. The van der Waals surface area contributed by atoms with E-state index in [-0.39, 0.29) is 36.9 Å². The predicted molar refractivity (Wildman–Crippen MR) is 198 cm³/mol. The summed E-state index contributed by atoms with van der Waals surface area (Å²) in [4.78, 5) is 27.5. The number of nitrogens with one attached hydrogen (secondary N) is 1. The third-order valence-corrected chi connectivity index (χ3v) is 11.5. The average Bonchev–Trinajstić information content (AvgIpc) is 3.11. The molecular formula is C40H51F2N3O7S. The monoisotopic (exact) mass is 755 g/mol. The van der Waals surface area contributed by atoms with Crippen LogP contribution in [0.2, 0.25) is 0 Å². The van der Waals surface area contributed by atoms with Gasteiger partial charge < -0.3 is 24.4 Å². The van der Waals surface area contributed by atoms with Crippen LogP contribution in [0.25, 0.3) is 0 Å². The quantitative estimate of drug-likeness (QED) is 0.199. The topological polar surface area (TPSA) is 114 Å². The van der Waals surface area contributed by atoms with E-state index in [0.29, 0.717) is 34.1 Å². The molecule has 1 N–H and O–H groups in total. The lowest BCUT2D eigenvalue weighted by Crippen LogP contribution is -2.58. The number of benzene rings is 3. The van der Waals surface area contributed by atoms with E-state index >= 15 is 8.78 Å². The molecule has 53 heavy (non-hydrogen) atoms. The Bertz CT molecular complexity index is 1800. The summed E-state index contributed by atoms with van der Waals surface area (Å²) < 4.78 is 79.2. The number of carbonyl (C=O) groups excluding carboxylic acids is 2. The van der Waals surface area contributed by atoms with Crippen LogP contribution in [0, 0.1) is 12.8 Å². The fourth-order valence-electron chi connectivity index (χ4n) is 6.73. The summed E-state index contributed by atoms with van der Waals surface area (Å²) in [5.41, 5.74) is -0.298. The van der Waals surface area contributed by atoms with E-state index in [1.165, 1.54) is 47.7 Å². The summed E-state index contributed by atoms with van der Waals surface area (Å²) in [5.74, 6) is -3.28. The number of likely N-dealkylation sites (tertiary alicyclic amines) is 1. The van der Waals surface area contributed by atoms with Gasteiger partial charge in [-0.15, -0.1) is 0 Å². The summed E-state index contributed by atoms with van der Waals surface area (Å²) in [6.45, 7) is 7.69. The summed E-state index contributed by atoms with van der Waals surface area (Å²) in [6.07, 6.45) is 5.64. The van der Waals surface area contributed by atoms with Gasteiger partial charge in [0.25, 0.3) is 5.92 Å². The van der Waals surface area contributed by atoms with Gasteiger partial charge in [-0.05, 0) is 126 Å². The van der Waals surface area contributed by atoms with Gasteiger partial charge in [-0.2, -0.15) is 13.1 Å². The number of alkyl halides is 2. The van der Waals surface area contributed by atoms with Crippen molar-refractivity contribution in [3.05, 3.63) is 83.9 Å². The third-order valence-electron chi connectivity index (χ3n) is 9.64. The number of hydrogen-bond donors (Lipinski definition) is 1. The maximum absolute atomic E-state index is 16.8. The summed E-state index contributed by atoms with van der Waals surface area (Å²) in [7, 11) is -3.60. The highest BCUT2D eigenvalue weighted by Crippen LogP contribution is 2.39. The van der Waals surface area contributed by atoms with Gasteiger partial charge >= 0.3 is 6.09 Å². The zero-order chi connectivity index (χ0) is 38.4. The van der Waals surface area contributed by atoms with Crippen LogP contribution in [-0.4, -0.2) is 74.1 Å². The number of aryl methyl sites for hydroxylation is 1. The number of amides is 2. The number of alkyl carbamates (subject to hydrolysis) is 1. The van der Waals surface area contributed by atoms with Gasteiger partial charge in [-0.1, -0.05) is 31.4 Å². The lowest BCUT2D eigenvalue weighted by atomic mass is 9.90. The Morgan fingerprint density at radius 2 is 1.51 bits per heavy atom. The fourth-order valence-corrected chi connectivity index (χ4v) is 8.04. The Morgan fingerprint density at radius 3 is 2.11 bits per heavy atom. The van der Waals surface area contributed by atoms with Gasteiger partial charge in [0.2, 0.25) is 15.9 Å². The summed E-state index contributed by atoms with van der Waals surface area (Å²) in [6, 6.07) is 15.1. The zero-order valence-electron chi connectivity index (χ0n) is 31.1. The Morgan fingerprint density at radius 1 is 0.887 bits per heavy atom. The van der Waals surface area contributed by atoms with Crippen molar-refractivity contribution in [1.29, 1.82) is 0 Å². The Labute approximate surface area is 311 Å². The van der Waals surface area contributed by atoms with Gasteiger partial charge in [0, 0.05) is 31.7 Å². The first-order valence-corrected chi connectivity index (χ1v) is 19.7. The van der Waals surface area contributed by atoms with E-state index in [1.807, 2.05) is 19.1 Å². The number of rotatable bonds is 12. The van der Waals surface area contributed by atoms with Crippen LogP contribution in [-0.2, 0) is 25.5 Å². The van der Waals surface area contributed by atoms with E-state index in [1.54, 1.807) is 32.9 Å². The normalized spacial score (nSPS) is 16.9. The first-order valence-electron chi connectivity index (χ1n) is 18.2. The molecule has 1 aliphatic carbocycles. The van der Waals surface area contributed by atoms with E-state index in [0.717, 1.165) is 50.4 Å². The molecule has 1 unspecified atom stereocenters. The SMILES string of the molecule is Cc1cccc(Oc2ccc(C(F)(F)C(C(=O)N3CCC(NC(=O)OC(C)(C)C)CC3)N(C)S(=O)(=O)c3ccc(OCC4CCCCC4)cc3)cc2)c1. The second kappa shape index (κ2) is 16.8. The molecule has 0 aromatic heterocycles. The van der Waals surface area contributed by atoms with Crippen molar-refractivity contribution in [2.24, 2.45) is 5.92 Å². The fraction of sp³-hybridized carbons (Fsp3) is 0.500. The Balaban J connectivity index is 1.37. The van der Waals surface area contributed by atoms with Gasteiger partial charge in [-0.3, -0.25) is 4.79 Å². The predicted octanol–water partition coefficient (Wildman–Crippen LogP) is 8.04. The molecule has 5 rings (SSSR count). The minimum Gasteiger partial charge on any atom is -0.493 e. The molecule has 288 valence electrons. The van der Waals surface area contributed by atoms with Crippen LogP contribution in [0.5, 0.6) is 17.2 Å². The van der Waals surface area contributed by atoms with Gasteiger partial charge in [-0.25, -0.2) is 13.2 Å². The zero-order valence-corrected chi connectivity index (χ0v) is 32.0. The van der Waals surface area contributed by atoms with Gasteiger partial charge in [0.05, 0.1) is 11.5 Å². The molecule has 1 saturated carbocycles. The van der Waals surface area contributed by atoms with Crippen LogP contribution >= 0.6 is 0 Å². The van der Waals surface area contributed by atoms with Crippen molar-refractivity contribution in [3.8, 4) is 17.2 Å². The van der Waals surface area contributed by atoms with Gasteiger partial charge in [0.1, 0.15) is 22.8 Å². The number of piperidine rings is 1. The van der Waals surface area contributed by atoms with Crippen molar-refractivity contribution >= 4 is 22.0 Å². The van der Waals surface area contributed by atoms with Crippen LogP contribution in [0.4, 0.5) is 13.6 Å². The molecule has 2 fully saturated rings. The number of likely N-dealkylation sites (N-methyl/N-ethyl adjacent to an activating group) is 1. The third kappa shape index (κ3) is 10.5. The molecule has 0 bridgehead atoms. The number of halogens is 2. The second-order valence-corrected chi connectivity index (χ2v) is 17.0. The first kappa shape index (κ1) is 40.0. The highest BCUT2D eigenvalue weighted by Gasteiger charge is 2.53. The van der Waals surface area contributed by atoms with Crippen LogP contribution in [0.15, 0.2) is 77.7 Å². The molecule has 2 aliphatic rings. The maximum atomic E-state index is 16.8. The summed E-state index contributed by atoms with van der Waals surface area (Å²) in [5, 5.41) is 2.77. The average molecular weight is 756 g/mol. The van der Waals surface area contributed by atoms with Crippen molar-refractivity contribution in [3.63, 3.8) is 0 Å². The maximum Gasteiger partial charge on any atom is 0.407 e. The molecule has 0 radical (unpaired) electrons. The minimum absolute atomic E-state index is 0.0239. The highest BCUT2D eigenvalue weighted by atomic mass is 32.2. The number of hydrogen-bond acceptors (Lipinski definition) is 7. The standard InChI is InChI=1S/C40H51F2N3O7S/c1-28-10-9-13-34(26-28)51-33-16-14-30(15-17-33)40(41,42)36(37(46)45-24-22-31(23-25-45)43-38(47)52-39(2,3)4)44(5)53(48,49)35-20-18-32(19-21-35)50-27-29-11-7-6-8-12-29/h9-10,13-21,26,29,31,36H,6-8,11-12,22-25,27H2,1-5H3,(H,43,47). The number of nitrogens with zero attached hydrogens (tertiary/aromatic N) is 2. The Hall–Kier alpha value is -4.23. The van der Waals surface area contributed by atoms with E-state index < -0.39 is 45.2 Å². The number of sulfonamides is 1. The first-order chi connectivity index (χ1) is 25.0. The van der Waals surface area contributed by atoms with Crippen LogP contribution in [0.3, 0.4) is 0 Å². The van der Waals surface area contributed by atoms with Crippen molar-refractivity contribution in [1.82, 2.24) is 14.5 Å². The lowest BCUT2D eigenvalue weighted by molar-refractivity contribution is -0.151. The number of carbonyl (C=O) groups is 2. The van der Waals surface area contributed by atoms with E-state index in [4.69, 9.17) is 14.2 Å². The minimum atomic E-state index is -4.61. The molecule has 10 nitrogen and oxygen atoms in total. The van der Waals surface area contributed by atoms with Gasteiger partial charge in [0.15, 0.2) is 6.04 Å². The van der Waals surface area contributed by atoms with E-state index in [2.05, 4.69) is 5.32 Å². The molecule has 1 aliphatic heterocycles. The smallest absolute Gasteiger partial charge is 0.407 e. The van der Waals surface area contributed by atoms with Crippen LogP contribution < -0.4 is 14.8 Å². The molecular weight excluding hydrogens is 705 g/mol. The highest BCUT2D eigenvalue weighted by molar-refractivity contribution is 7.89. The van der Waals surface area contributed by atoms with Crippen molar-refractivity contribution < 1.29 is 41.0 Å². The van der Waals surface area contributed by atoms with Crippen LogP contribution in [0.1, 0.15) is 76.8 Å². The lowest BCUT2D eigenvalue weighted by Gasteiger charge is -2.39. The van der Waals surface area contributed by atoms with Crippen molar-refractivity contribution in [2.75, 3.05) is 26.7 Å². The molecule has 1 heterocycles. The number of ether oxygens (including phenoxy) is 3. The molecule has 2 amide bonds. The van der Waals surface area contributed by atoms with Crippen molar-refractivity contribution in [2.45, 2.75) is 101 Å². The molecule has 1 saturated heterocycles. The largest absolute Gasteiger partial charge is 0.493 e.